The van der Waals surface area contributed by atoms with E-state index in [1.807, 2.05) is 0 Å². The van der Waals surface area contributed by atoms with Gasteiger partial charge in [-0.15, -0.1) is 0 Å². The molecule has 0 aromatic carbocycles. The van der Waals surface area contributed by atoms with E-state index in [1.54, 1.807) is 6.08 Å². The molecule has 0 heterocycles. The average Bonchev–Trinajstić information content (AvgIpc) is 2.11. The maximum Gasteiger partial charge on any atom is 0.101 e. The minimum Gasteiger partial charge on any atom is -0.545 e. The highest BCUT2D eigenvalue weighted by Gasteiger charge is 2.02. The Balaban J connectivity index is 0. The van der Waals surface area contributed by atoms with Gasteiger partial charge in [-0.2, -0.15) is 0 Å². The second-order valence-corrected chi connectivity index (χ2v) is 4.60. The van der Waals surface area contributed by atoms with E-state index in [4.69, 9.17) is 5.11 Å². The Kier molecular flexibility index (Phi) is 11.7. The van der Waals surface area contributed by atoms with E-state index in [0.717, 1.165) is 36.4 Å². The van der Waals surface area contributed by atoms with Gasteiger partial charge in [0.05, 0.1) is 33.7 Å². The van der Waals surface area contributed by atoms with Crippen LogP contribution in [0.15, 0.2) is 12.2 Å². The SMILES string of the molecule is CCCCC=CC(=O)[O-].C[N+](C)(C)CCO. The highest BCUT2D eigenvalue weighted by molar-refractivity contribution is 5.77. The Morgan fingerprint density at radius 3 is 2.19 bits per heavy atom. The predicted octanol–water partition coefficient (Wildman–Crippen LogP) is 0.168. The summed E-state index contributed by atoms with van der Waals surface area (Å²) in [6.45, 7) is 3.18. The largest absolute Gasteiger partial charge is 0.545 e. The molecule has 0 spiro atoms. The van der Waals surface area contributed by atoms with Crippen molar-refractivity contribution in [3.63, 3.8) is 0 Å². The van der Waals surface area contributed by atoms with Crippen molar-refractivity contribution in [2.24, 2.45) is 0 Å². The summed E-state index contributed by atoms with van der Waals surface area (Å²) < 4.78 is 0.844. The maximum absolute atomic E-state index is 9.76. The highest BCUT2D eigenvalue weighted by Crippen LogP contribution is 1.93. The number of unbranched alkanes of at least 4 members (excludes halogenated alkanes) is 2. The van der Waals surface area contributed by atoms with Crippen molar-refractivity contribution in [3.8, 4) is 0 Å². The number of aliphatic hydroxyl groups excluding tert-OH is 1. The molecule has 0 bridgehead atoms. The molecule has 16 heavy (non-hydrogen) atoms. The van der Waals surface area contributed by atoms with Crippen LogP contribution in [-0.4, -0.2) is 49.9 Å². The molecule has 0 saturated carbocycles. The zero-order chi connectivity index (χ0) is 13.0. The smallest absolute Gasteiger partial charge is 0.101 e. The van der Waals surface area contributed by atoms with Crippen LogP contribution in [0, 0.1) is 0 Å². The van der Waals surface area contributed by atoms with Crippen molar-refractivity contribution in [2.75, 3.05) is 34.3 Å². The topological polar surface area (TPSA) is 60.4 Å². The predicted molar refractivity (Wildman–Crippen MR) is 63.7 cm³/mol. The minimum absolute atomic E-state index is 0.281. The Labute approximate surface area is 98.8 Å². The van der Waals surface area contributed by atoms with Gasteiger partial charge in [-0.1, -0.05) is 25.8 Å². The van der Waals surface area contributed by atoms with Crippen molar-refractivity contribution in [3.05, 3.63) is 12.2 Å². The van der Waals surface area contributed by atoms with Crippen LogP contribution in [0.5, 0.6) is 0 Å². The van der Waals surface area contributed by atoms with Crippen LogP contribution in [0.4, 0.5) is 0 Å². The Morgan fingerprint density at radius 2 is 1.94 bits per heavy atom. The molecule has 0 saturated heterocycles. The molecule has 0 aliphatic rings. The normalized spacial score (nSPS) is 11.1. The number of carboxylic acids is 1. The molecule has 0 atom stereocenters. The van der Waals surface area contributed by atoms with Gasteiger partial charge in [0.15, 0.2) is 0 Å². The van der Waals surface area contributed by atoms with Gasteiger partial charge in [0, 0.05) is 0 Å². The van der Waals surface area contributed by atoms with Gasteiger partial charge in [-0.3, -0.25) is 0 Å². The Bertz CT molecular complexity index is 195. The lowest BCUT2D eigenvalue weighted by atomic mass is 10.2. The van der Waals surface area contributed by atoms with Crippen LogP contribution in [0.25, 0.3) is 0 Å². The number of quaternary nitrogens is 1. The first-order valence-corrected chi connectivity index (χ1v) is 5.62. The fourth-order valence-electron chi connectivity index (χ4n) is 0.802. The van der Waals surface area contributed by atoms with E-state index in [0.29, 0.717) is 0 Å². The molecule has 0 amide bonds. The van der Waals surface area contributed by atoms with Gasteiger partial charge in [-0.05, 0) is 12.5 Å². The van der Waals surface area contributed by atoms with Gasteiger partial charge in [0.25, 0.3) is 0 Å². The fourth-order valence-corrected chi connectivity index (χ4v) is 0.802. The van der Waals surface area contributed by atoms with Gasteiger partial charge in [0.2, 0.25) is 0 Å². The molecule has 0 aliphatic heterocycles. The number of allylic oxidation sites excluding steroid dienone is 1. The first kappa shape index (κ1) is 17.5. The molecule has 0 aromatic heterocycles. The van der Waals surface area contributed by atoms with Crippen LogP contribution in [-0.2, 0) is 4.79 Å². The van der Waals surface area contributed by atoms with Gasteiger partial charge in [0.1, 0.15) is 6.54 Å². The third-order valence-electron chi connectivity index (χ3n) is 1.75. The lowest BCUT2D eigenvalue weighted by Crippen LogP contribution is -2.36. The molecule has 0 aromatic rings. The number of rotatable bonds is 6. The van der Waals surface area contributed by atoms with Crippen LogP contribution in [0.1, 0.15) is 26.2 Å². The quantitative estimate of drug-likeness (QED) is 0.403. The third-order valence-corrected chi connectivity index (χ3v) is 1.75. The number of carboxylic acid groups (broad SMARTS) is 1. The summed E-state index contributed by atoms with van der Waals surface area (Å²) in [5, 5.41) is 18.2. The van der Waals surface area contributed by atoms with Crippen molar-refractivity contribution in [2.45, 2.75) is 26.2 Å². The van der Waals surface area contributed by atoms with Crippen molar-refractivity contribution >= 4 is 5.97 Å². The van der Waals surface area contributed by atoms with E-state index in [1.165, 1.54) is 0 Å². The molecule has 0 aliphatic carbocycles. The second kappa shape index (κ2) is 10.6. The summed E-state index contributed by atoms with van der Waals surface area (Å²) in [6, 6.07) is 0. The van der Waals surface area contributed by atoms with E-state index in [9.17, 15) is 9.90 Å². The molecule has 0 fully saturated rings. The summed E-state index contributed by atoms with van der Waals surface area (Å²) in [4.78, 5) is 9.76. The summed E-state index contributed by atoms with van der Waals surface area (Å²) in [6.07, 6.45) is 5.68. The number of aliphatic hydroxyl groups is 1. The number of aliphatic carboxylic acids is 1. The van der Waals surface area contributed by atoms with Crippen molar-refractivity contribution in [1.82, 2.24) is 0 Å². The van der Waals surface area contributed by atoms with Gasteiger partial charge in [-0.25, -0.2) is 0 Å². The molecular weight excluding hydrogens is 206 g/mol. The molecule has 0 unspecified atom stereocenters. The molecule has 0 rings (SSSR count). The number of nitrogens with zero attached hydrogens (tertiary/aromatic N) is 1. The van der Waals surface area contributed by atoms with Gasteiger partial charge < -0.3 is 19.5 Å². The van der Waals surface area contributed by atoms with E-state index < -0.39 is 5.97 Å². The zero-order valence-electron chi connectivity index (χ0n) is 10.9. The van der Waals surface area contributed by atoms with E-state index >= 15 is 0 Å². The van der Waals surface area contributed by atoms with Crippen LogP contribution >= 0.6 is 0 Å². The monoisotopic (exact) mass is 231 g/mol. The summed E-state index contributed by atoms with van der Waals surface area (Å²) in [5.41, 5.74) is 0. The second-order valence-electron chi connectivity index (χ2n) is 4.60. The summed E-state index contributed by atoms with van der Waals surface area (Å²) >= 11 is 0. The zero-order valence-corrected chi connectivity index (χ0v) is 10.9. The highest BCUT2D eigenvalue weighted by atomic mass is 16.4. The van der Waals surface area contributed by atoms with Crippen LogP contribution < -0.4 is 5.11 Å². The summed E-state index contributed by atoms with van der Waals surface area (Å²) in [5.74, 6) is -1.11. The standard InChI is InChI=1S/C7H12O2.C5H14NO/c1-2-3-4-5-6-7(8)9;1-6(2,3)4-5-7/h5-6H,2-4H2,1H3,(H,8,9);7H,4-5H2,1-3H3/q;+1/p-1. The Hall–Kier alpha value is -0.870. The van der Waals surface area contributed by atoms with Crippen molar-refractivity contribution < 1.29 is 19.5 Å². The molecule has 0 radical (unpaired) electrons. The van der Waals surface area contributed by atoms with Gasteiger partial charge >= 0.3 is 0 Å². The molecule has 4 nitrogen and oxygen atoms in total. The number of carbonyl (C=O) groups excluding carboxylic acids is 1. The lowest BCUT2D eigenvalue weighted by Gasteiger charge is -2.21. The Morgan fingerprint density at radius 1 is 1.38 bits per heavy atom. The maximum atomic E-state index is 9.76. The van der Waals surface area contributed by atoms with Crippen LogP contribution in [0.3, 0.4) is 0 Å². The summed E-state index contributed by atoms with van der Waals surface area (Å²) in [7, 11) is 6.16. The molecular formula is C12H25NO3. The minimum atomic E-state index is -1.11. The fraction of sp³-hybridized carbons (Fsp3) is 0.750. The third kappa shape index (κ3) is 23.2. The number of likely N-dealkylation sites (N-methyl/N-ethyl adjacent to an activating group) is 1. The number of carbonyl (C=O) groups is 1. The number of hydrogen-bond acceptors (Lipinski definition) is 3. The molecule has 96 valence electrons. The first-order chi connectivity index (χ1) is 7.33. The molecule has 1 N–H and O–H groups in total. The van der Waals surface area contributed by atoms with Crippen molar-refractivity contribution in [1.29, 1.82) is 0 Å². The average molecular weight is 231 g/mol. The molecule has 4 heteroatoms. The van der Waals surface area contributed by atoms with E-state index in [-0.39, 0.29) is 6.61 Å². The number of hydrogen-bond donors (Lipinski definition) is 1. The first-order valence-electron chi connectivity index (χ1n) is 5.62. The lowest BCUT2D eigenvalue weighted by molar-refractivity contribution is -0.870. The van der Waals surface area contributed by atoms with Crippen LogP contribution in [0.2, 0.25) is 0 Å². The van der Waals surface area contributed by atoms with E-state index in [2.05, 4.69) is 28.1 Å².